The Hall–Kier alpha value is -2.14. The molecule has 0 aliphatic rings. The number of ketones is 1. The van der Waals surface area contributed by atoms with E-state index in [1.165, 1.54) is 13.0 Å². The first-order chi connectivity index (χ1) is 8.95. The molecular formula is C14H15NO4. The summed E-state index contributed by atoms with van der Waals surface area (Å²) in [4.78, 5) is 22.7. The first-order valence-electron chi connectivity index (χ1n) is 5.94. The van der Waals surface area contributed by atoms with Crippen molar-refractivity contribution in [1.82, 2.24) is 4.57 Å². The third-order valence-corrected chi connectivity index (χ3v) is 3.13. The highest BCUT2D eigenvalue weighted by molar-refractivity contribution is 6.09. The van der Waals surface area contributed by atoms with Crippen LogP contribution in [0.1, 0.15) is 33.2 Å². The monoisotopic (exact) mass is 261 g/mol. The predicted molar refractivity (Wildman–Crippen MR) is 70.7 cm³/mol. The lowest BCUT2D eigenvalue weighted by Crippen LogP contribution is -2.02. The number of aliphatic hydroxyl groups is 1. The summed E-state index contributed by atoms with van der Waals surface area (Å²) in [5, 5.41) is 18.8. The summed E-state index contributed by atoms with van der Waals surface area (Å²) in [5.74, 6) is -1.14. The Kier molecular flexibility index (Phi) is 3.40. The van der Waals surface area contributed by atoms with Gasteiger partial charge in [-0.15, -0.1) is 0 Å². The van der Waals surface area contributed by atoms with Gasteiger partial charge in [-0.3, -0.25) is 4.79 Å². The molecule has 0 saturated carbocycles. The van der Waals surface area contributed by atoms with Crippen molar-refractivity contribution in [2.45, 2.75) is 20.4 Å². The van der Waals surface area contributed by atoms with E-state index in [0.29, 0.717) is 17.5 Å². The van der Waals surface area contributed by atoms with Crippen LogP contribution in [0, 0.1) is 6.92 Å². The molecule has 0 radical (unpaired) electrons. The van der Waals surface area contributed by atoms with Crippen molar-refractivity contribution in [2.24, 2.45) is 0 Å². The van der Waals surface area contributed by atoms with E-state index in [9.17, 15) is 9.59 Å². The smallest absolute Gasteiger partial charge is 0.335 e. The van der Waals surface area contributed by atoms with E-state index >= 15 is 0 Å². The molecule has 0 saturated heterocycles. The number of carboxylic acid groups (broad SMARTS) is 1. The Bertz CT molecular complexity index is 670. The summed E-state index contributed by atoms with van der Waals surface area (Å²) < 4.78 is 1.78. The van der Waals surface area contributed by atoms with Gasteiger partial charge in [0, 0.05) is 23.7 Å². The average molecular weight is 261 g/mol. The molecule has 0 atom stereocenters. The number of hydrogen-bond donors (Lipinski definition) is 2. The number of Topliss-reactive ketones (excluding diaryl/α,β-unsaturated/α-hetero) is 1. The van der Waals surface area contributed by atoms with E-state index < -0.39 is 5.97 Å². The van der Waals surface area contributed by atoms with Crippen molar-refractivity contribution in [2.75, 3.05) is 6.61 Å². The number of rotatable bonds is 4. The van der Waals surface area contributed by atoms with E-state index in [-0.39, 0.29) is 18.0 Å². The van der Waals surface area contributed by atoms with Crippen molar-refractivity contribution in [3.8, 4) is 0 Å². The van der Waals surface area contributed by atoms with Crippen LogP contribution in [-0.4, -0.2) is 33.1 Å². The molecule has 5 heteroatoms. The van der Waals surface area contributed by atoms with Crippen molar-refractivity contribution >= 4 is 22.7 Å². The minimum Gasteiger partial charge on any atom is -0.478 e. The normalized spacial score (nSPS) is 10.9. The Morgan fingerprint density at radius 1 is 1.32 bits per heavy atom. The molecular weight excluding hydrogens is 246 g/mol. The maximum atomic E-state index is 11.6. The lowest BCUT2D eigenvalue weighted by atomic mass is 10.0. The fourth-order valence-corrected chi connectivity index (χ4v) is 2.34. The molecule has 19 heavy (non-hydrogen) atoms. The van der Waals surface area contributed by atoms with Crippen molar-refractivity contribution in [3.05, 3.63) is 35.0 Å². The number of nitrogens with zero attached hydrogens (tertiary/aromatic N) is 1. The van der Waals surface area contributed by atoms with Gasteiger partial charge in [0.2, 0.25) is 0 Å². The first-order valence-corrected chi connectivity index (χ1v) is 5.94. The second-order valence-corrected chi connectivity index (χ2v) is 4.51. The van der Waals surface area contributed by atoms with Gasteiger partial charge in [0.15, 0.2) is 5.78 Å². The number of fused-ring (bicyclic) bond motifs is 1. The van der Waals surface area contributed by atoms with E-state index in [2.05, 4.69) is 0 Å². The van der Waals surface area contributed by atoms with E-state index in [4.69, 9.17) is 10.2 Å². The highest BCUT2D eigenvalue weighted by atomic mass is 16.4. The summed E-state index contributed by atoms with van der Waals surface area (Å²) in [7, 11) is 0. The highest BCUT2D eigenvalue weighted by Gasteiger charge is 2.16. The third kappa shape index (κ3) is 2.24. The molecule has 1 aromatic carbocycles. The van der Waals surface area contributed by atoms with Gasteiger partial charge in [0.1, 0.15) is 0 Å². The van der Waals surface area contributed by atoms with E-state index in [1.807, 2.05) is 0 Å². The molecule has 0 aliphatic heterocycles. The van der Waals surface area contributed by atoms with E-state index in [0.717, 1.165) is 11.1 Å². The van der Waals surface area contributed by atoms with Crippen molar-refractivity contribution in [1.29, 1.82) is 0 Å². The van der Waals surface area contributed by atoms with Crippen LogP contribution >= 0.6 is 0 Å². The van der Waals surface area contributed by atoms with Gasteiger partial charge < -0.3 is 14.8 Å². The molecule has 1 aromatic heterocycles. The molecule has 0 bridgehead atoms. The maximum absolute atomic E-state index is 11.6. The lowest BCUT2D eigenvalue weighted by Gasteiger charge is -2.06. The topological polar surface area (TPSA) is 79.5 Å². The van der Waals surface area contributed by atoms with Crippen LogP contribution < -0.4 is 0 Å². The number of benzene rings is 1. The van der Waals surface area contributed by atoms with Crippen LogP contribution in [0.25, 0.3) is 10.9 Å². The molecule has 2 rings (SSSR count). The largest absolute Gasteiger partial charge is 0.478 e. The number of aromatic nitrogens is 1. The van der Waals surface area contributed by atoms with Crippen LogP contribution in [-0.2, 0) is 6.54 Å². The Balaban J connectivity index is 2.82. The fourth-order valence-electron chi connectivity index (χ4n) is 2.34. The lowest BCUT2D eigenvalue weighted by molar-refractivity contribution is 0.0696. The minimum atomic E-state index is -1.02. The number of aryl methyl sites for hydroxylation is 1. The first kappa shape index (κ1) is 13.3. The summed E-state index contributed by atoms with van der Waals surface area (Å²) >= 11 is 0. The van der Waals surface area contributed by atoms with Gasteiger partial charge in [0.25, 0.3) is 0 Å². The second-order valence-electron chi connectivity index (χ2n) is 4.51. The van der Waals surface area contributed by atoms with E-state index in [1.54, 1.807) is 23.8 Å². The standard InChI is InChI=1S/C14H15NO4/c1-8-5-10(14(18)19)6-11-12(9(2)17)7-15(3-4-16)13(8)11/h5-7,16H,3-4H2,1-2H3,(H,18,19). The maximum Gasteiger partial charge on any atom is 0.335 e. The molecule has 2 aromatic rings. The zero-order valence-corrected chi connectivity index (χ0v) is 10.8. The predicted octanol–water partition coefficient (Wildman–Crippen LogP) is 1.84. The van der Waals surface area contributed by atoms with Gasteiger partial charge in [-0.05, 0) is 31.5 Å². The fraction of sp³-hybridized carbons (Fsp3) is 0.286. The Morgan fingerprint density at radius 3 is 2.53 bits per heavy atom. The van der Waals surface area contributed by atoms with Gasteiger partial charge >= 0.3 is 5.97 Å². The van der Waals surface area contributed by atoms with Crippen LogP contribution in [0.2, 0.25) is 0 Å². The average Bonchev–Trinajstić information content (AvgIpc) is 2.69. The van der Waals surface area contributed by atoms with Crippen LogP contribution in [0.15, 0.2) is 18.3 Å². The minimum absolute atomic E-state index is 0.0404. The quantitative estimate of drug-likeness (QED) is 0.823. The summed E-state index contributed by atoms with van der Waals surface area (Å²) in [6.45, 7) is 3.58. The van der Waals surface area contributed by atoms with Crippen LogP contribution in [0.5, 0.6) is 0 Å². The third-order valence-electron chi connectivity index (χ3n) is 3.13. The summed E-state index contributed by atoms with van der Waals surface area (Å²) in [6.07, 6.45) is 1.67. The van der Waals surface area contributed by atoms with Gasteiger partial charge in [-0.25, -0.2) is 4.79 Å². The molecule has 0 aliphatic carbocycles. The summed E-state index contributed by atoms with van der Waals surface area (Å²) in [6, 6.07) is 3.08. The molecule has 0 fully saturated rings. The Morgan fingerprint density at radius 2 is 2.00 bits per heavy atom. The summed E-state index contributed by atoms with van der Waals surface area (Å²) in [5.41, 5.74) is 2.21. The van der Waals surface area contributed by atoms with Crippen molar-refractivity contribution in [3.63, 3.8) is 0 Å². The molecule has 0 spiro atoms. The van der Waals surface area contributed by atoms with Gasteiger partial charge in [-0.1, -0.05) is 0 Å². The van der Waals surface area contributed by atoms with Gasteiger partial charge in [-0.2, -0.15) is 0 Å². The number of aromatic carboxylic acids is 1. The number of hydrogen-bond acceptors (Lipinski definition) is 3. The van der Waals surface area contributed by atoms with Crippen LogP contribution in [0.4, 0.5) is 0 Å². The molecule has 0 unspecified atom stereocenters. The number of aliphatic hydroxyl groups excluding tert-OH is 1. The SMILES string of the molecule is CC(=O)c1cn(CCO)c2c(C)cc(C(=O)O)cc12. The van der Waals surface area contributed by atoms with Crippen LogP contribution in [0.3, 0.4) is 0 Å². The molecule has 0 amide bonds. The number of carbonyl (C=O) groups excluding carboxylic acids is 1. The number of carboxylic acids is 1. The number of carbonyl (C=O) groups is 2. The molecule has 100 valence electrons. The highest BCUT2D eigenvalue weighted by Crippen LogP contribution is 2.27. The van der Waals surface area contributed by atoms with Crippen molar-refractivity contribution < 1.29 is 19.8 Å². The molecule has 2 N–H and O–H groups in total. The molecule has 1 heterocycles. The zero-order valence-electron chi connectivity index (χ0n) is 10.8. The van der Waals surface area contributed by atoms with Gasteiger partial charge in [0.05, 0.1) is 17.7 Å². The zero-order chi connectivity index (χ0) is 14.2. The second kappa shape index (κ2) is 4.85. The Labute approximate surface area is 110 Å². The molecule has 5 nitrogen and oxygen atoms in total.